The lowest BCUT2D eigenvalue weighted by molar-refractivity contribution is 0.285. The Bertz CT molecular complexity index is 572. The van der Waals surface area contributed by atoms with Gasteiger partial charge in [-0.2, -0.15) is 11.3 Å². The topological polar surface area (TPSA) is 66.4 Å². The Balaban J connectivity index is 2.08. The summed E-state index contributed by atoms with van der Waals surface area (Å²) in [6.07, 6.45) is 0. The van der Waals surface area contributed by atoms with Crippen LogP contribution in [0.25, 0.3) is 0 Å². The average molecular weight is 289 g/mol. The lowest BCUT2D eigenvalue weighted by atomic mass is 10.4. The molecule has 2 heterocycles. The minimum absolute atomic E-state index is 0.134. The predicted octanol–water partition coefficient (Wildman–Crippen LogP) is 1.78. The van der Waals surface area contributed by atoms with E-state index in [4.69, 9.17) is 5.11 Å². The molecule has 0 aliphatic rings. The van der Waals surface area contributed by atoms with Gasteiger partial charge in [0.25, 0.3) is 0 Å². The maximum atomic E-state index is 11.9. The third kappa shape index (κ3) is 3.14. The molecule has 0 radical (unpaired) electrons. The second kappa shape index (κ2) is 5.28. The maximum absolute atomic E-state index is 11.9. The van der Waals surface area contributed by atoms with Gasteiger partial charge in [-0.25, -0.2) is 13.1 Å². The summed E-state index contributed by atoms with van der Waals surface area (Å²) in [6, 6.07) is 3.36. The molecular formula is C10H11NO3S3. The van der Waals surface area contributed by atoms with Crippen molar-refractivity contribution in [1.29, 1.82) is 0 Å². The molecular weight excluding hydrogens is 278 g/mol. The van der Waals surface area contributed by atoms with Gasteiger partial charge in [0.05, 0.1) is 11.5 Å². The summed E-state index contributed by atoms with van der Waals surface area (Å²) in [7, 11) is -3.47. The molecule has 2 aromatic rings. The molecule has 0 unspecified atom stereocenters. The highest BCUT2D eigenvalue weighted by Crippen LogP contribution is 2.19. The van der Waals surface area contributed by atoms with Gasteiger partial charge >= 0.3 is 0 Å². The van der Waals surface area contributed by atoms with E-state index in [0.717, 1.165) is 5.56 Å². The average Bonchev–Trinajstić information content (AvgIpc) is 2.98. The fraction of sp³-hybridized carbons (Fsp3) is 0.200. The van der Waals surface area contributed by atoms with E-state index in [0.29, 0.717) is 4.88 Å². The molecule has 0 bridgehead atoms. The summed E-state index contributed by atoms with van der Waals surface area (Å²) < 4.78 is 26.3. The van der Waals surface area contributed by atoms with E-state index in [9.17, 15) is 8.42 Å². The molecule has 2 aromatic heterocycles. The van der Waals surface area contributed by atoms with Crippen molar-refractivity contribution in [3.05, 3.63) is 38.7 Å². The Morgan fingerprint density at radius 3 is 2.76 bits per heavy atom. The predicted molar refractivity (Wildman–Crippen MR) is 68.6 cm³/mol. The van der Waals surface area contributed by atoms with Gasteiger partial charge in [-0.1, -0.05) is 0 Å². The highest BCUT2D eigenvalue weighted by molar-refractivity contribution is 7.89. The van der Waals surface area contributed by atoms with Gasteiger partial charge in [0.2, 0.25) is 10.0 Å². The fourth-order valence-corrected chi connectivity index (χ4v) is 4.06. The monoisotopic (exact) mass is 289 g/mol. The lowest BCUT2D eigenvalue weighted by Crippen LogP contribution is -2.22. The molecule has 0 aromatic carbocycles. The summed E-state index contributed by atoms with van der Waals surface area (Å²) in [5.41, 5.74) is 0.941. The standard InChI is InChI=1S/C10H11NO3S3/c12-5-9-3-10(7-16-9)17(13,14)11-4-8-1-2-15-6-8/h1-3,6-7,11-12H,4-5H2. The normalized spacial score (nSPS) is 11.8. The van der Waals surface area contributed by atoms with Crippen molar-refractivity contribution >= 4 is 32.7 Å². The minimum atomic E-state index is -3.47. The van der Waals surface area contributed by atoms with Gasteiger partial charge in [-0.3, -0.25) is 0 Å². The Hall–Kier alpha value is -0.730. The van der Waals surface area contributed by atoms with Gasteiger partial charge in [-0.05, 0) is 28.5 Å². The van der Waals surface area contributed by atoms with Crippen LogP contribution >= 0.6 is 22.7 Å². The Morgan fingerprint density at radius 1 is 1.35 bits per heavy atom. The van der Waals surface area contributed by atoms with Crippen LogP contribution in [-0.4, -0.2) is 13.5 Å². The molecule has 0 saturated heterocycles. The van der Waals surface area contributed by atoms with Gasteiger partial charge in [0.1, 0.15) is 0 Å². The van der Waals surface area contributed by atoms with Crippen molar-refractivity contribution in [1.82, 2.24) is 4.72 Å². The van der Waals surface area contributed by atoms with E-state index in [1.165, 1.54) is 34.1 Å². The van der Waals surface area contributed by atoms with Gasteiger partial charge in [0, 0.05) is 16.8 Å². The maximum Gasteiger partial charge on any atom is 0.241 e. The first-order chi connectivity index (χ1) is 8.12. The van der Waals surface area contributed by atoms with Crippen molar-refractivity contribution < 1.29 is 13.5 Å². The van der Waals surface area contributed by atoms with E-state index in [2.05, 4.69) is 4.72 Å². The molecule has 2 rings (SSSR count). The highest BCUT2D eigenvalue weighted by Gasteiger charge is 2.15. The SMILES string of the molecule is O=S(=O)(NCc1ccsc1)c1csc(CO)c1. The number of hydrogen-bond donors (Lipinski definition) is 2. The van der Waals surface area contributed by atoms with Crippen LogP contribution in [0, 0.1) is 0 Å². The molecule has 92 valence electrons. The minimum Gasteiger partial charge on any atom is -0.391 e. The summed E-state index contributed by atoms with van der Waals surface area (Å²) in [5, 5.41) is 14.2. The van der Waals surface area contributed by atoms with Crippen LogP contribution in [0.3, 0.4) is 0 Å². The first-order valence-electron chi connectivity index (χ1n) is 4.81. The van der Waals surface area contributed by atoms with Crippen molar-refractivity contribution in [2.75, 3.05) is 0 Å². The summed E-state index contributed by atoms with van der Waals surface area (Å²) in [6.45, 7) is 0.154. The Kier molecular flexibility index (Phi) is 3.95. The first-order valence-corrected chi connectivity index (χ1v) is 8.11. The molecule has 0 spiro atoms. The number of thiophene rings is 2. The zero-order chi connectivity index (χ0) is 12.3. The number of aliphatic hydroxyl groups excluding tert-OH is 1. The van der Waals surface area contributed by atoms with E-state index >= 15 is 0 Å². The molecule has 0 fully saturated rings. The van der Waals surface area contributed by atoms with Crippen LogP contribution in [-0.2, 0) is 23.2 Å². The largest absolute Gasteiger partial charge is 0.391 e. The van der Waals surface area contributed by atoms with Crippen LogP contribution in [0.15, 0.2) is 33.2 Å². The van der Waals surface area contributed by atoms with Crippen LogP contribution in [0.1, 0.15) is 10.4 Å². The third-order valence-electron chi connectivity index (χ3n) is 2.14. The molecule has 0 amide bonds. The van der Waals surface area contributed by atoms with E-state index in [1.807, 2.05) is 16.8 Å². The smallest absolute Gasteiger partial charge is 0.241 e. The fourth-order valence-electron chi connectivity index (χ4n) is 1.24. The zero-order valence-corrected chi connectivity index (χ0v) is 11.2. The number of nitrogens with one attached hydrogen (secondary N) is 1. The number of aliphatic hydroxyl groups is 1. The van der Waals surface area contributed by atoms with Crippen LogP contribution in [0.2, 0.25) is 0 Å². The second-order valence-electron chi connectivity index (χ2n) is 3.36. The zero-order valence-electron chi connectivity index (χ0n) is 8.79. The molecule has 0 aliphatic heterocycles. The van der Waals surface area contributed by atoms with Crippen molar-refractivity contribution in [2.24, 2.45) is 0 Å². The molecule has 0 atom stereocenters. The van der Waals surface area contributed by atoms with E-state index < -0.39 is 10.0 Å². The van der Waals surface area contributed by atoms with Crippen LogP contribution in [0.5, 0.6) is 0 Å². The summed E-state index contributed by atoms with van der Waals surface area (Å²) in [4.78, 5) is 0.850. The number of hydrogen-bond acceptors (Lipinski definition) is 5. The lowest BCUT2D eigenvalue weighted by Gasteiger charge is -2.02. The quantitative estimate of drug-likeness (QED) is 0.881. The Morgan fingerprint density at radius 2 is 2.18 bits per heavy atom. The number of sulfonamides is 1. The van der Waals surface area contributed by atoms with Crippen molar-refractivity contribution in [2.45, 2.75) is 18.0 Å². The van der Waals surface area contributed by atoms with E-state index in [-0.39, 0.29) is 18.0 Å². The number of rotatable bonds is 5. The van der Waals surface area contributed by atoms with Crippen molar-refractivity contribution in [3.8, 4) is 0 Å². The second-order valence-corrected chi connectivity index (χ2v) is 6.91. The molecule has 17 heavy (non-hydrogen) atoms. The highest BCUT2D eigenvalue weighted by atomic mass is 32.2. The molecule has 7 heteroatoms. The first kappa shape index (κ1) is 12.7. The summed E-state index contributed by atoms with van der Waals surface area (Å²) >= 11 is 2.76. The van der Waals surface area contributed by atoms with Gasteiger partial charge in [-0.15, -0.1) is 11.3 Å². The van der Waals surface area contributed by atoms with Gasteiger partial charge < -0.3 is 5.11 Å². The van der Waals surface area contributed by atoms with Crippen LogP contribution in [0.4, 0.5) is 0 Å². The summed E-state index contributed by atoms with van der Waals surface area (Å²) in [5.74, 6) is 0. The molecule has 4 nitrogen and oxygen atoms in total. The molecule has 0 saturated carbocycles. The van der Waals surface area contributed by atoms with Gasteiger partial charge in [0.15, 0.2) is 0 Å². The molecule has 0 aliphatic carbocycles. The van der Waals surface area contributed by atoms with E-state index in [1.54, 1.807) is 0 Å². The third-order valence-corrected chi connectivity index (χ3v) is 5.33. The van der Waals surface area contributed by atoms with Crippen LogP contribution < -0.4 is 4.72 Å². The molecule has 2 N–H and O–H groups in total. The van der Waals surface area contributed by atoms with Crippen molar-refractivity contribution in [3.63, 3.8) is 0 Å². The Labute approximate surface area is 108 Å².